The van der Waals surface area contributed by atoms with Gasteiger partial charge in [0.2, 0.25) is 5.88 Å². The number of aryl methyl sites for hydroxylation is 1. The Bertz CT molecular complexity index is 1240. The molecule has 152 valence electrons. The standard InChI is InChI=1S/C23H21N3O3S/c1-14-4-6-16(7-5-14)13-26-15(2)20(22-18(26)9-11-30-22)21(27)23(28)25-17-8-10-24-19(12-17)29-3/h4-12H,13H2,1-3H3,(H,24,25,28). The summed E-state index contributed by atoms with van der Waals surface area (Å²) in [4.78, 5) is 29.8. The van der Waals surface area contributed by atoms with Crippen molar-refractivity contribution in [3.05, 3.63) is 76.4 Å². The lowest BCUT2D eigenvalue weighted by molar-refractivity contribution is -0.112. The first-order valence-corrected chi connectivity index (χ1v) is 10.3. The molecule has 7 heteroatoms. The molecule has 4 rings (SSSR count). The minimum absolute atomic E-state index is 0.362. The number of rotatable bonds is 6. The molecule has 0 saturated heterocycles. The maximum Gasteiger partial charge on any atom is 0.296 e. The minimum Gasteiger partial charge on any atom is -0.481 e. The second-order valence-corrected chi connectivity index (χ2v) is 7.95. The Labute approximate surface area is 178 Å². The van der Waals surface area contributed by atoms with Gasteiger partial charge in [-0.15, -0.1) is 11.3 Å². The van der Waals surface area contributed by atoms with E-state index in [9.17, 15) is 9.59 Å². The highest BCUT2D eigenvalue weighted by Crippen LogP contribution is 2.32. The van der Waals surface area contributed by atoms with Gasteiger partial charge in [-0.2, -0.15) is 0 Å². The van der Waals surface area contributed by atoms with Crippen molar-refractivity contribution in [1.29, 1.82) is 0 Å². The topological polar surface area (TPSA) is 73.2 Å². The molecule has 0 spiro atoms. The zero-order chi connectivity index (χ0) is 21.3. The number of carbonyl (C=O) groups excluding carboxylic acids is 2. The number of anilines is 1. The van der Waals surface area contributed by atoms with Crippen molar-refractivity contribution in [2.45, 2.75) is 20.4 Å². The van der Waals surface area contributed by atoms with Gasteiger partial charge in [-0.25, -0.2) is 4.98 Å². The van der Waals surface area contributed by atoms with Crippen molar-refractivity contribution in [2.75, 3.05) is 12.4 Å². The minimum atomic E-state index is -0.686. The number of ether oxygens (including phenoxy) is 1. The Morgan fingerprint density at radius 1 is 1.13 bits per heavy atom. The van der Waals surface area contributed by atoms with Gasteiger partial charge in [0.15, 0.2) is 0 Å². The van der Waals surface area contributed by atoms with Crippen LogP contribution in [0.1, 0.15) is 27.2 Å². The Hall–Kier alpha value is -3.45. The summed E-state index contributed by atoms with van der Waals surface area (Å²) >= 11 is 1.47. The maximum absolute atomic E-state index is 13.1. The number of Topliss-reactive ketones (excluding diaryl/α,β-unsaturated/α-hetero) is 1. The molecule has 4 aromatic rings. The van der Waals surface area contributed by atoms with Gasteiger partial charge in [-0.3, -0.25) is 9.59 Å². The number of nitrogens with zero attached hydrogens (tertiary/aromatic N) is 2. The highest BCUT2D eigenvalue weighted by molar-refractivity contribution is 7.17. The average molecular weight is 420 g/mol. The van der Waals surface area contributed by atoms with Crippen LogP contribution in [-0.4, -0.2) is 28.4 Å². The number of thiophene rings is 1. The van der Waals surface area contributed by atoms with E-state index in [1.165, 1.54) is 30.2 Å². The van der Waals surface area contributed by atoms with Crippen molar-refractivity contribution in [3.63, 3.8) is 0 Å². The quantitative estimate of drug-likeness (QED) is 0.366. The summed E-state index contributed by atoms with van der Waals surface area (Å²) in [7, 11) is 1.49. The van der Waals surface area contributed by atoms with E-state index in [1.807, 2.05) is 18.4 Å². The SMILES string of the molecule is COc1cc(NC(=O)C(=O)c2c(C)n(Cc3ccc(C)cc3)c3ccsc23)ccn1. The van der Waals surface area contributed by atoms with Crippen LogP contribution in [0.2, 0.25) is 0 Å². The monoisotopic (exact) mass is 419 g/mol. The molecule has 0 bridgehead atoms. The van der Waals surface area contributed by atoms with Gasteiger partial charge in [0, 0.05) is 30.2 Å². The third kappa shape index (κ3) is 3.71. The number of fused-ring (bicyclic) bond motifs is 1. The fourth-order valence-corrected chi connectivity index (χ4v) is 4.42. The van der Waals surface area contributed by atoms with Gasteiger partial charge in [-0.05, 0) is 36.9 Å². The van der Waals surface area contributed by atoms with Crippen molar-refractivity contribution < 1.29 is 14.3 Å². The molecule has 0 aliphatic rings. The number of carbonyl (C=O) groups is 2. The highest BCUT2D eigenvalue weighted by atomic mass is 32.1. The molecule has 0 radical (unpaired) electrons. The Balaban J connectivity index is 1.65. The smallest absolute Gasteiger partial charge is 0.296 e. The lowest BCUT2D eigenvalue weighted by Crippen LogP contribution is -2.23. The number of ketones is 1. The van der Waals surface area contributed by atoms with Gasteiger partial charge in [0.05, 0.1) is 22.9 Å². The fourth-order valence-electron chi connectivity index (χ4n) is 3.43. The molecule has 0 saturated carbocycles. The molecule has 30 heavy (non-hydrogen) atoms. The van der Waals surface area contributed by atoms with Crippen molar-refractivity contribution >= 4 is 38.9 Å². The molecular formula is C23H21N3O3S. The second kappa shape index (κ2) is 8.12. The van der Waals surface area contributed by atoms with Crippen molar-refractivity contribution in [2.24, 2.45) is 0 Å². The van der Waals surface area contributed by atoms with Crippen LogP contribution in [0.4, 0.5) is 5.69 Å². The van der Waals surface area contributed by atoms with Crippen LogP contribution >= 0.6 is 11.3 Å². The van der Waals surface area contributed by atoms with Gasteiger partial charge in [-0.1, -0.05) is 29.8 Å². The first-order chi connectivity index (χ1) is 14.5. The predicted octanol–water partition coefficient (Wildman–Crippen LogP) is 4.59. The summed E-state index contributed by atoms with van der Waals surface area (Å²) in [6.07, 6.45) is 1.51. The van der Waals surface area contributed by atoms with E-state index in [0.717, 1.165) is 21.5 Å². The molecule has 1 amide bonds. The number of nitrogens with one attached hydrogen (secondary N) is 1. The van der Waals surface area contributed by atoms with E-state index < -0.39 is 11.7 Å². The third-order valence-electron chi connectivity index (χ3n) is 5.03. The van der Waals surface area contributed by atoms with Gasteiger partial charge in [0.25, 0.3) is 11.7 Å². The van der Waals surface area contributed by atoms with Gasteiger partial charge >= 0.3 is 0 Å². The molecular weight excluding hydrogens is 398 g/mol. The largest absolute Gasteiger partial charge is 0.481 e. The number of pyridine rings is 1. The Kier molecular flexibility index (Phi) is 5.37. The van der Waals surface area contributed by atoms with Crippen LogP contribution in [0.25, 0.3) is 10.2 Å². The van der Waals surface area contributed by atoms with Crippen molar-refractivity contribution in [3.8, 4) is 5.88 Å². The Morgan fingerprint density at radius 3 is 2.63 bits per heavy atom. The van der Waals surface area contributed by atoms with Gasteiger partial charge < -0.3 is 14.6 Å². The molecule has 0 unspecified atom stereocenters. The molecule has 3 heterocycles. The third-order valence-corrected chi connectivity index (χ3v) is 5.95. The van der Waals surface area contributed by atoms with Crippen LogP contribution in [0.15, 0.2) is 54.0 Å². The molecule has 6 nitrogen and oxygen atoms in total. The fraction of sp³-hybridized carbons (Fsp3) is 0.174. The number of methoxy groups -OCH3 is 1. The molecule has 0 aliphatic carbocycles. The summed E-state index contributed by atoms with van der Waals surface area (Å²) in [5, 5.41) is 4.59. The lowest BCUT2D eigenvalue weighted by atomic mass is 10.1. The molecule has 0 atom stereocenters. The number of amides is 1. The van der Waals surface area contributed by atoms with Crippen LogP contribution in [0, 0.1) is 13.8 Å². The van der Waals surface area contributed by atoms with E-state index >= 15 is 0 Å². The van der Waals surface area contributed by atoms with Gasteiger partial charge in [0.1, 0.15) is 0 Å². The van der Waals surface area contributed by atoms with Crippen molar-refractivity contribution in [1.82, 2.24) is 9.55 Å². The normalized spacial score (nSPS) is 10.9. The van der Waals surface area contributed by atoms with E-state index in [2.05, 4.69) is 46.1 Å². The molecule has 3 aromatic heterocycles. The molecule has 0 fully saturated rings. The van der Waals surface area contributed by atoms with E-state index in [1.54, 1.807) is 12.1 Å². The van der Waals surface area contributed by atoms with Crippen LogP contribution in [0.5, 0.6) is 5.88 Å². The molecule has 1 N–H and O–H groups in total. The number of hydrogen-bond donors (Lipinski definition) is 1. The van der Waals surface area contributed by atoms with E-state index in [0.29, 0.717) is 23.7 Å². The van der Waals surface area contributed by atoms with Crippen LogP contribution in [-0.2, 0) is 11.3 Å². The summed E-state index contributed by atoms with van der Waals surface area (Å²) in [5.41, 5.74) is 4.98. The number of benzene rings is 1. The zero-order valence-corrected chi connectivity index (χ0v) is 17.7. The summed E-state index contributed by atoms with van der Waals surface area (Å²) in [6, 6.07) is 13.5. The number of aromatic nitrogens is 2. The maximum atomic E-state index is 13.1. The highest BCUT2D eigenvalue weighted by Gasteiger charge is 2.26. The summed E-state index contributed by atoms with van der Waals surface area (Å²) in [6.45, 7) is 4.57. The van der Waals surface area contributed by atoms with Crippen LogP contribution in [0.3, 0.4) is 0 Å². The summed E-state index contributed by atoms with van der Waals surface area (Å²) < 4.78 is 7.98. The molecule has 1 aromatic carbocycles. The number of hydrogen-bond acceptors (Lipinski definition) is 5. The summed E-state index contributed by atoms with van der Waals surface area (Å²) in [5.74, 6) is -0.881. The van der Waals surface area contributed by atoms with E-state index in [4.69, 9.17) is 4.74 Å². The second-order valence-electron chi connectivity index (χ2n) is 7.04. The Morgan fingerprint density at radius 2 is 1.90 bits per heavy atom. The van der Waals surface area contributed by atoms with E-state index in [-0.39, 0.29) is 0 Å². The van der Waals surface area contributed by atoms with Crippen LogP contribution < -0.4 is 10.1 Å². The zero-order valence-electron chi connectivity index (χ0n) is 16.9. The predicted molar refractivity (Wildman–Crippen MR) is 119 cm³/mol. The first-order valence-electron chi connectivity index (χ1n) is 9.45. The first kappa shape index (κ1) is 19.8. The average Bonchev–Trinajstić information content (AvgIpc) is 3.31. The molecule has 0 aliphatic heterocycles. The lowest BCUT2D eigenvalue weighted by Gasteiger charge is -2.09.